The van der Waals surface area contributed by atoms with Gasteiger partial charge in [-0.25, -0.2) is 17.6 Å². The van der Waals surface area contributed by atoms with Crippen molar-refractivity contribution in [2.45, 2.75) is 36.6 Å². The van der Waals surface area contributed by atoms with Gasteiger partial charge in [0.1, 0.15) is 16.9 Å². The van der Waals surface area contributed by atoms with Crippen LogP contribution in [0.1, 0.15) is 40.4 Å². The predicted octanol–water partition coefficient (Wildman–Crippen LogP) is 8.49. The quantitative estimate of drug-likeness (QED) is 0.0675. The summed E-state index contributed by atoms with van der Waals surface area (Å²) in [4.78, 5) is 39.5. The third-order valence-electron chi connectivity index (χ3n) is 6.75. The molecule has 0 radical (unpaired) electrons. The van der Waals surface area contributed by atoms with Crippen molar-refractivity contribution < 1.29 is 45.1 Å². The van der Waals surface area contributed by atoms with Gasteiger partial charge in [-0.15, -0.1) is 11.8 Å². The van der Waals surface area contributed by atoms with Gasteiger partial charge in [-0.3, -0.25) is 14.4 Å². The molecule has 14 heteroatoms. The Morgan fingerprint density at radius 2 is 1.44 bits per heavy atom. The lowest BCUT2D eigenvalue weighted by atomic mass is 10.1. The summed E-state index contributed by atoms with van der Waals surface area (Å²) in [6.45, 7) is 3.40. The molecule has 250 valence electrons. The molecule has 1 unspecified atom stereocenters. The minimum Gasteiger partial charge on any atom is -0.321 e. The lowest BCUT2D eigenvalue weighted by Gasteiger charge is -2.18. The van der Waals surface area contributed by atoms with E-state index in [1.165, 1.54) is 37.3 Å². The van der Waals surface area contributed by atoms with E-state index in [0.29, 0.717) is 16.0 Å². The molecule has 0 fully saturated rings. The van der Waals surface area contributed by atoms with E-state index < -0.39 is 63.7 Å². The molecule has 0 aliphatic rings. The Hall–Kier alpha value is -5.11. The number of nitrogens with one attached hydrogen (secondary N) is 3. The summed E-state index contributed by atoms with van der Waals surface area (Å²) in [6.07, 6.45) is -4.24. The molecule has 4 aromatic carbocycles. The molecule has 48 heavy (non-hydrogen) atoms. The fraction of sp³-hybridized carbons (Fsp3) is 0.147. The molecule has 1 atom stereocenters. The van der Waals surface area contributed by atoms with E-state index in [1.807, 2.05) is 19.1 Å². The van der Waals surface area contributed by atoms with E-state index in [-0.39, 0.29) is 17.8 Å². The number of hydrogen-bond acceptors (Lipinski definition) is 4. The second-order valence-electron chi connectivity index (χ2n) is 10.3. The van der Waals surface area contributed by atoms with Crippen LogP contribution in [-0.4, -0.2) is 23.0 Å². The molecule has 0 aliphatic heterocycles. The zero-order chi connectivity index (χ0) is 35.2. The SMILES string of the molecule is CCC(Sc1cccc(NC(=O)/C(=C\c2ccc(C)cc2)NC(=O)c2ccccc2)c1)C(=O)Nc1c(F)c(F)c(C(F)(F)F)c(F)c1F. The molecule has 3 N–H and O–H groups in total. The summed E-state index contributed by atoms with van der Waals surface area (Å²) in [5, 5.41) is 5.79. The van der Waals surface area contributed by atoms with Gasteiger partial charge in [0, 0.05) is 16.1 Å². The largest absolute Gasteiger partial charge is 0.422 e. The maximum absolute atomic E-state index is 14.4. The lowest BCUT2D eigenvalue weighted by molar-refractivity contribution is -0.143. The number of halogens is 7. The first-order valence-corrected chi connectivity index (χ1v) is 15.0. The zero-order valence-corrected chi connectivity index (χ0v) is 26.0. The minimum atomic E-state index is -5.73. The molecule has 0 aromatic heterocycles. The molecule has 0 saturated heterocycles. The van der Waals surface area contributed by atoms with E-state index in [1.54, 1.807) is 47.8 Å². The van der Waals surface area contributed by atoms with Crippen LogP contribution in [-0.2, 0) is 15.8 Å². The van der Waals surface area contributed by atoms with Gasteiger partial charge < -0.3 is 16.0 Å². The lowest BCUT2D eigenvalue weighted by Crippen LogP contribution is -2.30. The first kappa shape index (κ1) is 35.7. The standard InChI is InChI=1S/C34H26F7N3O3S/c1-3-24(33(47)44-30-28(37)26(35)25(34(39,40)41)27(36)29(30)38)48-22-11-7-10-21(17-22)42-32(46)23(16-19-14-12-18(2)13-15-19)43-31(45)20-8-5-4-6-9-20/h4-17,24H,3H2,1-2H3,(H,42,46)(H,43,45)(H,44,47)/b23-16+. The number of amides is 3. The Balaban J connectivity index is 1.53. The maximum atomic E-state index is 14.4. The molecule has 0 spiro atoms. The second-order valence-corrected chi connectivity index (χ2v) is 11.6. The molecule has 0 aliphatic carbocycles. The number of rotatable bonds is 10. The average Bonchev–Trinajstić information content (AvgIpc) is 3.05. The van der Waals surface area contributed by atoms with Gasteiger partial charge in [0.15, 0.2) is 23.3 Å². The van der Waals surface area contributed by atoms with Crippen LogP contribution in [0.5, 0.6) is 0 Å². The highest BCUT2D eigenvalue weighted by molar-refractivity contribution is 8.00. The number of alkyl halides is 3. The van der Waals surface area contributed by atoms with Crippen molar-refractivity contribution in [3.8, 4) is 0 Å². The van der Waals surface area contributed by atoms with Gasteiger partial charge in [-0.1, -0.05) is 61.0 Å². The second kappa shape index (κ2) is 15.2. The van der Waals surface area contributed by atoms with Crippen molar-refractivity contribution in [3.05, 3.63) is 130 Å². The highest BCUT2D eigenvalue weighted by Crippen LogP contribution is 2.39. The molecule has 0 heterocycles. The van der Waals surface area contributed by atoms with Crippen LogP contribution in [0.25, 0.3) is 6.08 Å². The third-order valence-corrected chi connectivity index (χ3v) is 8.10. The summed E-state index contributed by atoms with van der Waals surface area (Å²) < 4.78 is 95.7. The van der Waals surface area contributed by atoms with Crippen molar-refractivity contribution in [1.29, 1.82) is 0 Å². The van der Waals surface area contributed by atoms with Crippen LogP contribution < -0.4 is 16.0 Å². The molecule has 0 saturated carbocycles. The van der Waals surface area contributed by atoms with Crippen LogP contribution in [0.4, 0.5) is 42.1 Å². The number of hydrogen-bond donors (Lipinski definition) is 3. The van der Waals surface area contributed by atoms with Gasteiger partial charge >= 0.3 is 6.18 Å². The van der Waals surface area contributed by atoms with Gasteiger partial charge in [-0.2, -0.15) is 13.2 Å². The first-order chi connectivity index (χ1) is 22.7. The van der Waals surface area contributed by atoms with Crippen LogP contribution in [0.3, 0.4) is 0 Å². The van der Waals surface area contributed by atoms with Crippen molar-refractivity contribution in [2.24, 2.45) is 0 Å². The van der Waals surface area contributed by atoms with Crippen LogP contribution in [0.15, 0.2) is 89.5 Å². The molecule has 3 amide bonds. The van der Waals surface area contributed by atoms with Crippen molar-refractivity contribution in [3.63, 3.8) is 0 Å². The van der Waals surface area contributed by atoms with E-state index in [4.69, 9.17) is 0 Å². The molecule has 0 bridgehead atoms. The number of carbonyl (C=O) groups is 3. The monoisotopic (exact) mass is 689 g/mol. The number of aryl methyl sites for hydroxylation is 1. The molecule has 6 nitrogen and oxygen atoms in total. The summed E-state index contributed by atoms with van der Waals surface area (Å²) in [6, 6.07) is 21.4. The third kappa shape index (κ3) is 8.62. The number of carbonyl (C=O) groups excluding carboxylic acids is 3. The number of thioether (sulfide) groups is 1. The van der Waals surface area contributed by atoms with Crippen LogP contribution in [0, 0.1) is 30.2 Å². The van der Waals surface area contributed by atoms with Crippen molar-refractivity contribution in [1.82, 2.24) is 5.32 Å². The van der Waals surface area contributed by atoms with Crippen LogP contribution >= 0.6 is 11.8 Å². The van der Waals surface area contributed by atoms with Crippen molar-refractivity contribution >= 4 is 46.9 Å². The maximum Gasteiger partial charge on any atom is 0.422 e. The molecular weight excluding hydrogens is 663 g/mol. The van der Waals surface area contributed by atoms with Crippen molar-refractivity contribution in [2.75, 3.05) is 10.6 Å². The number of anilines is 2. The molecule has 4 aromatic rings. The van der Waals surface area contributed by atoms with Gasteiger partial charge in [0.05, 0.1) is 5.25 Å². The van der Waals surface area contributed by atoms with Gasteiger partial charge in [-0.05, 0) is 55.3 Å². The minimum absolute atomic E-state index is 0.0108. The van der Waals surface area contributed by atoms with Gasteiger partial charge in [0.25, 0.3) is 11.8 Å². The highest BCUT2D eigenvalue weighted by Gasteiger charge is 2.42. The summed E-state index contributed by atoms with van der Waals surface area (Å²) in [5.41, 5.74) is -2.40. The first-order valence-electron chi connectivity index (χ1n) is 14.2. The fourth-order valence-corrected chi connectivity index (χ4v) is 5.31. The van der Waals surface area contributed by atoms with E-state index in [9.17, 15) is 45.1 Å². The Kier molecular flexibility index (Phi) is 11.3. The average molecular weight is 690 g/mol. The normalized spacial score (nSPS) is 12.3. The Bertz CT molecular complexity index is 1840. The summed E-state index contributed by atoms with van der Waals surface area (Å²) >= 11 is 0.845. The summed E-state index contributed by atoms with van der Waals surface area (Å²) in [7, 11) is 0. The molecule has 4 rings (SSSR count). The van der Waals surface area contributed by atoms with E-state index >= 15 is 0 Å². The Morgan fingerprint density at radius 1 is 0.812 bits per heavy atom. The highest BCUT2D eigenvalue weighted by atomic mass is 32.2. The number of benzene rings is 4. The van der Waals surface area contributed by atoms with Crippen LogP contribution in [0.2, 0.25) is 0 Å². The van der Waals surface area contributed by atoms with E-state index in [2.05, 4.69) is 10.6 Å². The smallest absolute Gasteiger partial charge is 0.321 e. The Morgan fingerprint density at radius 3 is 2.02 bits per heavy atom. The topological polar surface area (TPSA) is 87.3 Å². The zero-order valence-electron chi connectivity index (χ0n) is 25.1. The fourth-order valence-electron chi connectivity index (χ4n) is 4.30. The summed E-state index contributed by atoms with van der Waals surface area (Å²) in [5.74, 6) is -12.6. The predicted molar refractivity (Wildman–Crippen MR) is 168 cm³/mol. The Labute approximate surface area is 274 Å². The van der Waals surface area contributed by atoms with Gasteiger partial charge in [0.2, 0.25) is 5.91 Å². The molecular formula is C34H26F7N3O3S. The van der Waals surface area contributed by atoms with E-state index in [0.717, 1.165) is 17.3 Å².